The molecule has 5 heteroatoms. The highest BCUT2D eigenvalue weighted by Gasteiger charge is 2.13. The lowest BCUT2D eigenvalue weighted by molar-refractivity contribution is 0.0937. The molecule has 1 amide bonds. The topological polar surface area (TPSA) is 29.1 Å². The molecule has 0 radical (unpaired) electrons. The Bertz CT molecular complexity index is 569. The summed E-state index contributed by atoms with van der Waals surface area (Å²) in [6.45, 7) is 2.01. The summed E-state index contributed by atoms with van der Waals surface area (Å²) in [4.78, 5) is 12.8. The van der Waals surface area contributed by atoms with Gasteiger partial charge in [0.15, 0.2) is 0 Å². The smallest absolute Gasteiger partial charge is 0.252 e. The van der Waals surface area contributed by atoms with Gasteiger partial charge in [0.1, 0.15) is 0 Å². The normalized spacial score (nSPS) is 12.2. The maximum Gasteiger partial charge on any atom is 0.252 e. The first kappa shape index (κ1) is 14.6. The molecule has 1 heterocycles. The van der Waals surface area contributed by atoms with Crippen LogP contribution in [-0.4, -0.2) is 11.9 Å². The van der Waals surface area contributed by atoms with Crippen molar-refractivity contribution < 1.29 is 4.79 Å². The Morgan fingerprint density at radius 2 is 2.26 bits per heavy atom. The largest absolute Gasteiger partial charge is 0.349 e. The van der Waals surface area contributed by atoms with Gasteiger partial charge in [-0.15, -0.1) is 12.6 Å². The van der Waals surface area contributed by atoms with Crippen LogP contribution in [0.3, 0.4) is 0 Å². The van der Waals surface area contributed by atoms with Crippen molar-refractivity contribution in [1.29, 1.82) is 0 Å². The predicted octanol–water partition coefficient (Wildman–Crippen LogP) is 4.16. The molecule has 0 bridgehead atoms. The summed E-state index contributed by atoms with van der Waals surface area (Å²) in [5, 5.41) is 7.15. The molecule has 0 saturated heterocycles. The fourth-order valence-electron chi connectivity index (χ4n) is 1.81. The number of carbonyl (C=O) groups is 1. The van der Waals surface area contributed by atoms with Crippen LogP contribution in [-0.2, 0) is 6.42 Å². The zero-order valence-electron chi connectivity index (χ0n) is 10.4. The molecule has 1 atom stereocenters. The van der Waals surface area contributed by atoms with Crippen LogP contribution in [0.15, 0.2) is 44.4 Å². The molecule has 0 spiro atoms. The quantitative estimate of drug-likeness (QED) is 0.792. The number of hydrogen-bond donors (Lipinski definition) is 2. The van der Waals surface area contributed by atoms with E-state index in [1.54, 1.807) is 17.4 Å². The van der Waals surface area contributed by atoms with Crippen LogP contribution in [0.1, 0.15) is 22.8 Å². The number of rotatable bonds is 4. The Balaban J connectivity index is 2.00. The van der Waals surface area contributed by atoms with Crippen LogP contribution < -0.4 is 5.32 Å². The van der Waals surface area contributed by atoms with Crippen molar-refractivity contribution in [3.8, 4) is 0 Å². The van der Waals surface area contributed by atoms with Crippen molar-refractivity contribution >= 4 is 45.8 Å². The van der Waals surface area contributed by atoms with Gasteiger partial charge in [-0.3, -0.25) is 4.79 Å². The Kier molecular flexibility index (Phi) is 5.07. The van der Waals surface area contributed by atoms with Crippen LogP contribution >= 0.6 is 39.9 Å². The van der Waals surface area contributed by atoms with E-state index in [0.717, 1.165) is 10.9 Å². The molecule has 1 unspecified atom stereocenters. The molecule has 0 fully saturated rings. The van der Waals surface area contributed by atoms with Gasteiger partial charge in [0.25, 0.3) is 5.91 Å². The molecule has 1 aromatic heterocycles. The van der Waals surface area contributed by atoms with Crippen molar-refractivity contribution in [2.75, 3.05) is 0 Å². The Morgan fingerprint density at radius 1 is 1.47 bits per heavy atom. The number of carbonyl (C=O) groups excluding carboxylic acids is 1. The molecule has 1 aromatic carbocycles. The van der Waals surface area contributed by atoms with Gasteiger partial charge in [-0.25, -0.2) is 0 Å². The number of halogens is 1. The van der Waals surface area contributed by atoms with E-state index in [-0.39, 0.29) is 11.9 Å². The van der Waals surface area contributed by atoms with Gasteiger partial charge in [-0.05, 0) is 53.9 Å². The maximum absolute atomic E-state index is 12.1. The summed E-state index contributed by atoms with van der Waals surface area (Å²) in [6, 6.07) is 7.62. The van der Waals surface area contributed by atoms with Crippen LogP contribution in [0.2, 0.25) is 0 Å². The summed E-state index contributed by atoms with van der Waals surface area (Å²) < 4.78 is 0.917. The molecule has 19 heavy (non-hydrogen) atoms. The molecule has 2 rings (SSSR count). The van der Waals surface area contributed by atoms with E-state index in [2.05, 4.69) is 45.3 Å². The van der Waals surface area contributed by atoms with Crippen molar-refractivity contribution in [2.45, 2.75) is 24.3 Å². The van der Waals surface area contributed by atoms with Crippen molar-refractivity contribution in [3.05, 3.63) is 50.6 Å². The highest BCUT2D eigenvalue weighted by atomic mass is 79.9. The van der Waals surface area contributed by atoms with Gasteiger partial charge < -0.3 is 5.32 Å². The fraction of sp³-hybridized carbons (Fsp3) is 0.214. The third kappa shape index (κ3) is 4.09. The molecular formula is C14H14BrNOS2. The minimum absolute atomic E-state index is 0.0831. The first-order valence-electron chi connectivity index (χ1n) is 5.86. The second kappa shape index (κ2) is 6.59. The van der Waals surface area contributed by atoms with Crippen molar-refractivity contribution in [2.24, 2.45) is 0 Å². The van der Waals surface area contributed by atoms with E-state index < -0.39 is 0 Å². The number of amides is 1. The second-order valence-electron chi connectivity index (χ2n) is 4.37. The fourth-order valence-corrected chi connectivity index (χ4v) is 3.35. The highest BCUT2D eigenvalue weighted by molar-refractivity contribution is 9.10. The van der Waals surface area contributed by atoms with Crippen LogP contribution in [0.25, 0.3) is 0 Å². The van der Waals surface area contributed by atoms with Gasteiger partial charge in [0, 0.05) is 15.4 Å². The Labute approximate surface area is 130 Å². The van der Waals surface area contributed by atoms with Gasteiger partial charge in [0.2, 0.25) is 0 Å². The number of hydrogen-bond acceptors (Lipinski definition) is 3. The predicted molar refractivity (Wildman–Crippen MR) is 86.3 cm³/mol. The summed E-state index contributed by atoms with van der Waals surface area (Å²) in [6.07, 6.45) is 0.841. The monoisotopic (exact) mass is 355 g/mol. The van der Waals surface area contributed by atoms with Gasteiger partial charge in [-0.1, -0.05) is 15.9 Å². The van der Waals surface area contributed by atoms with Gasteiger partial charge >= 0.3 is 0 Å². The molecule has 0 aliphatic heterocycles. The second-order valence-corrected chi connectivity index (χ2v) is 6.55. The van der Waals surface area contributed by atoms with Crippen molar-refractivity contribution in [1.82, 2.24) is 5.32 Å². The van der Waals surface area contributed by atoms with Crippen molar-refractivity contribution in [3.63, 3.8) is 0 Å². The van der Waals surface area contributed by atoms with E-state index in [1.165, 1.54) is 5.56 Å². The van der Waals surface area contributed by atoms with E-state index in [1.807, 2.05) is 24.4 Å². The van der Waals surface area contributed by atoms with E-state index in [9.17, 15) is 4.79 Å². The number of nitrogens with one attached hydrogen (secondary N) is 1. The zero-order valence-corrected chi connectivity index (χ0v) is 13.7. The molecule has 2 aromatic rings. The average Bonchev–Trinajstić information content (AvgIpc) is 2.81. The molecule has 100 valence electrons. The van der Waals surface area contributed by atoms with E-state index in [0.29, 0.717) is 10.5 Å². The maximum atomic E-state index is 12.1. The lowest BCUT2D eigenvalue weighted by atomic mass is 10.1. The standard InChI is InChI=1S/C14H14BrNOS2/c1-9(6-10-4-5-19-8-10)16-14(17)12-3-2-11(15)7-13(12)18/h2-5,7-9,18H,6H2,1H3,(H,16,17). The van der Waals surface area contributed by atoms with Crippen LogP contribution in [0.4, 0.5) is 0 Å². The lowest BCUT2D eigenvalue weighted by Gasteiger charge is -2.14. The molecule has 0 aliphatic carbocycles. The molecule has 1 N–H and O–H groups in total. The average molecular weight is 356 g/mol. The van der Waals surface area contributed by atoms with Gasteiger partial charge in [0.05, 0.1) is 5.56 Å². The first-order valence-corrected chi connectivity index (χ1v) is 8.05. The first-order chi connectivity index (χ1) is 9.06. The summed E-state index contributed by atoms with van der Waals surface area (Å²) >= 11 is 9.36. The summed E-state index contributed by atoms with van der Waals surface area (Å²) in [5.74, 6) is -0.0831. The molecule has 0 aliphatic rings. The van der Waals surface area contributed by atoms with Gasteiger partial charge in [-0.2, -0.15) is 11.3 Å². The van der Waals surface area contributed by atoms with Crippen LogP contribution in [0.5, 0.6) is 0 Å². The SMILES string of the molecule is CC(Cc1ccsc1)NC(=O)c1ccc(Br)cc1S. The molecular weight excluding hydrogens is 342 g/mol. The molecule has 0 saturated carbocycles. The Morgan fingerprint density at radius 3 is 2.89 bits per heavy atom. The number of thiol groups is 1. The number of thiophene rings is 1. The minimum atomic E-state index is -0.0831. The van der Waals surface area contributed by atoms with E-state index >= 15 is 0 Å². The van der Waals surface area contributed by atoms with Crippen LogP contribution in [0, 0.1) is 0 Å². The Hall–Kier alpha value is -0.780. The third-order valence-corrected chi connectivity index (χ3v) is 4.30. The minimum Gasteiger partial charge on any atom is -0.349 e. The molecule has 2 nitrogen and oxygen atoms in total. The summed E-state index contributed by atoms with van der Waals surface area (Å²) in [5.41, 5.74) is 1.85. The summed E-state index contributed by atoms with van der Waals surface area (Å²) in [7, 11) is 0. The highest BCUT2D eigenvalue weighted by Crippen LogP contribution is 2.20. The number of benzene rings is 1. The zero-order chi connectivity index (χ0) is 13.8. The third-order valence-electron chi connectivity index (χ3n) is 2.70. The lowest BCUT2D eigenvalue weighted by Crippen LogP contribution is -2.34. The van der Waals surface area contributed by atoms with E-state index in [4.69, 9.17) is 0 Å².